The van der Waals surface area contributed by atoms with E-state index in [1.807, 2.05) is 38.1 Å². The molecule has 2 saturated carbocycles. The van der Waals surface area contributed by atoms with E-state index >= 15 is 0 Å². The molecule has 3 heteroatoms. The van der Waals surface area contributed by atoms with Crippen LogP contribution in [0.3, 0.4) is 0 Å². The fourth-order valence-corrected chi connectivity index (χ4v) is 4.30. The summed E-state index contributed by atoms with van der Waals surface area (Å²) in [5.41, 5.74) is 1.14. The second-order valence-corrected chi connectivity index (χ2v) is 7.21. The molecule has 0 spiro atoms. The van der Waals surface area contributed by atoms with Crippen molar-refractivity contribution in [2.75, 3.05) is 0 Å². The maximum absolute atomic E-state index is 12.4. The van der Waals surface area contributed by atoms with E-state index in [1.165, 1.54) is 25.7 Å². The second kappa shape index (κ2) is 6.31. The molecule has 0 aromatic heterocycles. The molecule has 0 aliphatic heterocycles. The van der Waals surface area contributed by atoms with Gasteiger partial charge < -0.3 is 10.1 Å². The monoisotopic (exact) mass is 301 g/mol. The number of aryl methyl sites for hydroxylation is 1. The molecule has 120 valence electrons. The Morgan fingerprint density at radius 1 is 1.27 bits per heavy atom. The van der Waals surface area contributed by atoms with Gasteiger partial charge in [-0.15, -0.1) is 0 Å². The number of hydrogen-bond acceptors (Lipinski definition) is 2. The van der Waals surface area contributed by atoms with Crippen molar-refractivity contribution in [3.8, 4) is 5.75 Å². The smallest absolute Gasteiger partial charge is 0.260 e. The van der Waals surface area contributed by atoms with Crippen LogP contribution in [-0.2, 0) is 4.79 Å². The molecule has 2 fully saturated rings. The van der Waals surface area contributed by atoms with Gasteiger partial charge in [0, 0.05) is 6.04 Å². The first-order valence-corrected chi connectivity index (χ1v) is 8.56. The first-order valence-electron chi connectivity index (χ1n) is 8.56. The van der Waals surface area contributed by atoms with E-state index in [0.717, 1.165) is 23.1 Å². The van der Waals surface area contributed by atoms with Gasteiger partial charge in [0.25, 0.3) is 5.91 Å². The molecule has 1 aromatic carbocycles. The van der Waals surface area contributed by atoms with Crippen molar-refractivity contribution in [2.24, 2.45) is 17.8 Å². The molecule has 3 rings (SSSR count). The Labute approximate surface area is 133 Å². The Hall–Kier alpha value is -1.51. The van der Waals surface area contributed by atoms with E-state index in [9.17, 15) is 4.79 Å². The van der Waals surface area contributed by atoms with E-state index in [-0.39, 0.29) is 11.9 Å². The molecule has 2 bridgehead atoms. The van der Waals surface area contributed by atoms with Crippen LogP contribution in [0.1, 0.15) is 45.1 Å². The summed E-state index contributed by atoms with van der Waals surface area (Å²) in [5.74, 6) is 3.16. The average molecular weight is 301 g/mol. The third kappa shape index (κ3) is 3.29. The Kier molecular flexibility index (Phi) is 4.42. The Balaban J connectivity index is 1.52. The van der Waals surface area contributed by atoms with Gasteiger partial charge in [-0.3, -0.25) is 4.79 Å². The van der Waals surface area contributed by atoms with E-state index in [1.54, 1.807) is 0 Å². The topological polar surface area (TPSA) is 38.3 Å². The van der Waals surface area contributed by atoms with Crippen LogP contribution in [0.2, 0.25) is 0 Å². The summed E-state index contributed by atoms with van der Waals surface area (Å²) in [7, 11) is 0. The maximum Gasteiger partial charge on any atom is 0.260 e. The maximum atomic E-state index is 12.4. The van der Waals surface area contributed by atoms with Crippen molar-refractivity contribution in [1.29, 1.82) is 0 Å². The van der Waals surface area contributed by atoms with Gasteiger partial charge in [-0.25, -0.2) is 0 Å². The van der Waals surface area contributed by atoms with Crippen molar-refractivity contribution in [3.63, 3.8) is 0 Å². The lowest BCUT2D eigenvalue weighted by Crippen LogP contribution is -2.45. The summed E-state index contributed by atoms with van der Waals surface area (Å²) in [6, 6.07) is 8.09. The minimum atomic E-state index is -0.456. The molecular formula is C19H27NO2. The molecule has 1 N–H and O–H groups in total. The van der Waals surface area contributed by atoms with Gasteiger partial charge in [0.1, 0.15) is 5.75 Å². The lowest BCUT2D eigenvalue weighted by Gasteiger charge is -2.29. The zero-order chi connectivity index (χ0) is 15.7. The zero-order valence-corrected chi connectivity index (χ0v) is 13.8. The standard InChI is InChI=1S/C19H27NO2/c1-12-5-4-6-17(9-12)22-14(3)19(21)20-13(2)18-11-15-7-8-16(18)10-15/h4-6,9,13-16,18H,7-8,10-11H2,1-3H3,(H,20,21)/t13-,14-,15+,16+,18+/m1/s1. The second-order valence-electron chi connectivity index (χ2n) is 7.21. The molecule has 3 nitrogen and oxygen atoms in total. The summed E-state index contributed by atoms with van der Waals surface area (Å²) in [6.45, 7) is 6.00. The molecule has 5 atom stereocenters. The summed E-state index contributed by atoms with van der Waals surface area (Å²) in [6.07, 6.45) is 4.96. The van der Waals surface area contributed by atoms with Gasteiger partial charge in [0.2, 0.25) is 0 Å². The minimum absolute atomic E-state index is 0.00298. The van der Waals surface area contributed by atoms with Gasteiger partial charge in [-0.05, 0) is 75.5 Å². The molecule has 2 aliphatic carbocycles. The first-order chi connectivity index (χ1) is 10.5. The summed E-state index contributed by atoms with van der Waals surface area (Å²) >= 11 is 0. The van der Waals surface area contributed by atoms with Gasteiger partial charge in [0.15, 0.2) is 6.10 Å². The number of nitrogens with one attached hydrogen (secondary N) is 1. The van der Waals surface area contributed by atoms with Gasteiger partial charge >= 0.3 is 0 Å². The van der Waals surface area contributed by atoms with Crippen LogP contribution in [0.15, 0.2) is 24.3 Å². The molecular weight excluding hydrogens is 274 g/mol. The van der Waals surface area contributed by atoms with Gasteiger partial charge in [-0.1, -0.05) is 18.6 Å². The van der Waals surface area contributed by atoms with Crippen molar-refractivity contribution < 1.29 is 9.53 Å². The molecule has 0 heterocycles. The lowest BCUT2D eigenvalue weighted by atomic mass is 9.84. The van der Waals surface area contributed by atoms with E-state index in [4.69, 9.17) is 4.74 Å². The number of ether oxygens (including phenoxy) is 1. The van der Waals surface area contributed by atoms with Gasteiger partial charge in [-0.2, -0.15) is 0 Å². The van der Waals surface area contributed by atoms with E-state index in [0.29, 0.717) is 5.92 Å². The highest BCUT2D eigenvalue weighted by atomic mass is 16.5. The number of fused-ring (bicyclic) bond motifs is 2. The van der Waals surface area contributed by atoms with Crippen LogP contribution in [0, 0.1) is 24.7 Å². The predicted octanol–water partition coefficient (Wildman–Crippen LogP) is 3.70. The zero-order valence-electron chi connectivity index (χ0n) is 13.8. The average Bonchev–Trinajstić information content (AvgIpc) is 3.09. The number of carbonyl (C=O) groups is 1. The van der Waals surface area contributed by atoms with Crippen molar-refractivity contribution >= 4 is 5.91 Å². The largest absolute Gasteiger partial charge is 0.481 e. The first kappa shape index (κ1) is 15.4. The highest BCUT2D eigenvalue weighted by Gasteiger charge is 2.42. The summed E-state index contributed by atoms with van der Waals surface area (Å²) in [4.78, 5) is 12.4. The molecule has 0 unspecified atom stereocenters. The van der Waals surface area contributed by atoms with Crippen LogP contribution >= 0.6 is 0 Å². The van der Waals surface area contributed by atoms with Crippen molar-refractivity contribution in [3.05, 3.63) is 29.8 Å². The minimum Gasteiger partial charge on any atom is -0.481 e. The Morgan fingerprint density at radius 3 is 2.73 bits per heavy atom. The molecule has 0 saturated heterocycles. The fourth-order valence-electron chi connectivity index (χ4n) is 4.30. The number of amides is 1. The summed E-state index contributed by atoms with van der Waals surface area (Å²) in [5, 5.41) is 3.18. The number of rotatable bonds is 5. The third-order valence-corrected chi connectivity index (χ3v) is 5.48. The van der Waals surface area contributed by atoms with Crippen molar-refractivity contribution in [2.45, 2.75) is 58.6 Å². The summed E-state index contributed by atoms with van der Waals surface area (Å²) < 4.78 is 5.77. The van der Waals surface area contributed by atoms with Crippen LogP contribution in [0.4, 0.5) is 0 Å². The molecule has 0 radical (unpaired) electrons. The quantitative estimate of drug-likeness (QED) is 0.900. The number of benzene rings is 1. The fraction of sp³-hybridized carbons (Fsp3) is 0.632. The Morgan fingerprint density at radius 2 is 2.09 bits per heavy atom. The van der Waals surface area contributed by atoms with Crippen molar-refractivity contribution in [1.82, 2.24) is 5.32 Å². The van der Waals surface area contributed by atoms with Crippen LogP contribution in [0.5, 0.6) is 5.75 Å². The molecule has 1 amide bonds. The van der Waals surface area contributed by atoms with Crippen LogP contribution in [-0.4, -0.2) is 18.1 Å². The number of hydrogen-bond donors (Lipinski definition) is 1. The van der Waals surface area contributed by atoms with E-state index in [2.05, 4.69) is 12.2 Å². The highest BCUT2D eigenvalue weighted by molar-refractivity contribution is 5.81. The van der Waals surface area contributed by atoms with Crippen LogP contribution in [0.25, 0.3) is 0 Å². The lowest BCUT2D eigenvalue weighted by molar-refractivity contribution is -0.128. The normalized spacial score (nSPS) is 29.1. The molecule has 1 aromatic rings. The SMILES string of the molecule is Cc1cccc(O[C@H](C)C(=O)N[C@H](C)[C@@H]2C[C@H]3CC[C@H]2C3)c1. The highest BCUT2D eigenvalue weighted by Crippen LogP contribution is 2.49. The predicted molar refractivity (Wildman–Crippen MR) is 87.8 cm³/mol. The Bertz CT molecular complexity index is 542. The van der Waals surface area contributed by atoms with E-state index < -0.39 is 6.10 Å². The molecule has 22 heavy (non-hydrogen) atoms. The van der Waals surface area contributed by atoms with Gasteiger partial charge in [0.05, 0.1) is 0 Å². The third-order valence-electron chi connectivity index (χ3n) is 5.48. The molecule has 2 aliphatic rings. The van der Waals surface area contributed by atoms with Crippen LogP contribution < -0.4 is 10.1 Å². The number of carbonyl (C=O) groups excluding carboxylic acids is 1.